The van der Waals surface area contributed by atoms with Gasteiger partial charge in [-0.15, -0.1) is 0 Å². The van der Waals surface area contributed by atoms with E-state index in [-0.39, 0.29) is 27.7 Å². The molecule has 9 nitrogen and oxygen atoms in total. The maximum atomic E-state index is 8.54. The van der Waals surface area contributed by atoms with Crippen LogP contribution in [0.4, 0.5) is 0 Å². The molecule has 3 aromatic rings. The quantitative estimate of drug-likeness (QED) is 0.284. The number of hydrogen-bond acceptors (Lipinski definition) is 5. The summed E-state index contributed by atoms with van der Waals surface area (Å²) in [6.45, 7) is 0. The van der Waals surface area contributed by atoms with Gasteiger partial charge in [0.2, 0.25) is 5.75 Å². The Balaban J connectivity index is 0.000000514. The molecule has 2 amide bonds. The third kappa shape index (κ3) is 8.38. The minimum atomic E-state index is -0.624. The largest absolute Gasteiger partial charge is 2.00 e. The van der Waals surface area contributed by atoms with Crippen molar-refractivity contribution in [3.8, 4) is 22.9 Å². The van der Waals surface area contributed by atoms with Crippen LogP contribution in [0.25, 0.3) is 16.8 Å². The van der Waals surface area contributed by atoms with Gasteiger partial charge >= 0.3 is 28.3 Å². The van der Waals surface area contributed by atoms with Gasteiger partial charge in [0, 0.05) is 18.6 Å². The van der Waals surface area contributed by atoms with Crippen LogP contribution in [0.2, 0.25) is 0 Å². The molecule has 0 fully saturated rings. The van der Waals surface area contributed by atoms with E-state index in [4.69, 9.17) is 20.4 Å². The summed E-state index contributed by atoms with van der Waals surface area (Å²) >= 11 is 0. The Labute approximate surface area is 177 Å². The molecular formula is C19H21N5NiO4+2. The number of methoxy groups -OCH3 is 1. The molecule has 0 aliphatic rings. The van der Waals surface area contributed by atoms with Crippen molar-refractivity contribution in [2.45, 2.75) is 0 Å². The number of aromatic nitrogens is 2. The van der Waals surface area contributed by atoms with E-state index in [1.165, 1.54) is 13.3 Å². The standard InChI is InChI=1S/C10H8N2.C9H11N3O3.Ni.H2O/c1-3-7-11-9(5-1)10-6-2-4-8-12-10;1-15-7-4-2-3-6(8(7)13)5-11-12-9(10)14;;/h1-8H;2-5H,1H3,(H4,10,11,12,13,14);;1H2/q;;+2;. The Morgan fingerprint density at radius 3 is 2.10 bits per heavy atom. The van der Waals surface area contributed by atoms with Crippen LogP contribution in [0, 0.1) is 0 Å². The minimum Gasteiger partial charge on any atom is -0.870 e. The molecule has 0 bridgehead atoms. The number of rotatable bonds is 4. The molecule has 0 saturated heterocycles. The number of hydrogen-bond donors (Lipinski definition) is 1. The Bertz CT molecular complexity index is 858. The molecule has 154 valence electrons. The minimum absolute atomic E-state index is 0. The van der Waals surface area contributed by atoms with E-state index < -0.39 is 6.03 Å². The number of carbonyl (C=O) groups excluding carboxylic acids is 1. The van der Waals surface area contributed by atoms with Crippen LogP contribution in [-0.2, 0) is 16.5 Å². The summed E-state index contributed by atoms with van der Waals surface area (Å²) in [6.07, 6.45) is 4.85. The van der Waals surface area contributed by atoms with E-state index in [1.807, 2.05) is 36.4 Å². The van der Waals surface area contributed by atoms with E-state index in [2.05, 4.69) is 20.5 Å². The topological polar surface area (TPSA) is 162 Å². The second-order valence-electron chi connectivity index (χ2n) is 5.06. The van der Waals surface area contributed by atoms with Crippen molar-refractivity contribution in [1.29, 1.82) is 0 Å². The summed E-state index contributed by atoms with van der Waals surface area (Å²) in [5.74, 6) is 0.648. The van der Waals surface area contributed by atoms with Gasteiger partial charge in [0.05, 0.1) is 24.1 Å². The van der Waals surface area contributed by atoms with Crippen LogP contribution in [0.3, 0.4) is 0 Å². The van der Waals surface area contributed by atoms with E-state index in [0.717, 1.165) is 11.4 Å². The van der Waals surface area contributed by atoms with Crippen LogP contribution in [0.1, 0.15) is 5.56 Å². The van der Waals surface area contributed by atoms with Gasteiger partial charge in [-0.2, -0.15) is 0 Å². The number of nitrogens with zero attached hydrogens (tertiary/aromatic N) is 4. The number of amides is 2. The third-order valence-electron chi connectivity index (χ3n) is 3.23. The van der Waals surface area contributed by atoms with E-state index in [9.17, 15) is 0 Å². The van der Waals surface area contributed by atoms with Gasteiger partial charge < -0.3 is 21.1 Å². The number of nitrogens with two attached hydrogens (primary N) is 1. The molecule has 6 N–H and O–H groups in total. The average molecular weight is 442 g/mol. The van der Waals surface area contributed by atoms with Crippen LogP contribution >= 0.6 is 0 Å². The first-order valence-electron chi connectivity index (χ1n) is 7.88. The zero-order valence-corrected chi connectivity index (χ0v) is 16.4. The molecule has 0 saturated carbocycles. The van der Waals surface area contributed by atoms with Gasteiger partial charge in [-0.25, -0.2) is 0 Å². The van der Waals surface area contributed by atoms with Gasteiger partial charge in [0.1, 0.15) is 0 Å². The fraction of sp³-hybridized carbons (Fsp3) is 0.0526. The first-order valence-corrected chi connectivity index (χ1v) is 7.88. The zero-order valence-electron chi connectivity index (χ0n) is 15.4. The molecule has 1 aromatic carbocycles. The molecule has 0 radical (unpaired) electrons. The molecule has 0 spiro atoms. The number of urea groups is 1. The van der Waals surface area contributed by atoms with Crippen LogP contribution in [0.15, 0.2) is 72.1 Å². The normalized spacial score (nSPS) is 9.28. The predicted octanol–water partition coefficient (Wildman–Crippen LogP) is 2.22. The summed E-state index contributed by atoms with van der Waals surface area (Å²) in [7, 11) is 1.48. The number of benzene rings is 1. The number of para-hydroxylation sites is 1. The molecular weight excluding hydrogens is 421 g/mol. The number of ether oxygens (including phenoxy) is 1. The van der Waals surface area contributed by atoms with Crippen molar-refractivity contribution in [1.82, 2.24) is 9.97 Å². The number of pyridine rings is 2. The van der Waals surface area contributed by atoms with E-state index in [1.54, 1.807) is 30.6 Å². The molecule has 2 aromatic heterocycles. The molecule has 0 aliphatic heterocycles. The molecule has 0 unspecified atom stereocenters. The van der Waals surface area contributed by atoms with Crippen LogP contribution in [0.5, 0.6) is 11.5 Å². The summed E-state index contributed by atoms with van der Waals surface area (Å²) < 4.78 is 4.95. The van der Waals surface area contributed by atoms with Gasteiger partial charge in [-0.05, 0) is 36.4 Å². The molecule has 0 aliphatic carbocycles. The summed E-state index contributed by atoms with van der Waals surface area (Å²) in [5, 5.41) is 11.2. The van der Waals surface area contributed by atoms with Gasteiger partial charge in [-0.1, -0.05) is 18.2 Å². The first-order chi connectivity index (χ1) is 13.1. The summed E-state index contributed by atoms with van der Waals surface area (Å²) in [6, 6.07) is 16.0. The van der Waals surface area contributed by atoms with Gasteiger partial charge in [-0.3, -0.25) is 25.3 Å². The maximum absolute atomic E-state index is 8.54. The zero-order chi connectivity index (χ0) is 19.5. The Morgan fingerprint density at radius 2 is 1.66 bits per heavy atom. The van der Waals surface area contributed by atoms with Crippen molar-refractivity contribution in [2.75, 3.05) is 7.11 Å². The van der Waals surface area contributed by atoms with Crippen molar-refractivity contribution >= 4 is 12.2 Å². The smallest absolute Gasteiger partial charge is 0.870 e. The van der Waals surface area contributed by atoms with E-state index in [0.29, 0.717) is 11.3 Å². The first kappa shape index (κ1) is 25.5. The summed E-state index contributed by atoms with van der Waals surface area (Å²) in [5.41, 5.74) is 10.4. The van der Waals surface area contributed by atoms with Gasteiger partial charge in [0.25, 0.3) is 0 Å². The Morgan fingerprint density at radius 1 is 1.07 bits per heavy atom. The predicted molar refractivity (Wildman–Crippen MR) is 108 cm³/mol. The van der Waals surface area contributed by atoms with Crippen LogP contribution < -0.4 is 10.5 Å². The van der Waals surface area contributed by atoms with Crippen LogP contribution in [-0.4, -0.2) is 44.7 Å². The number of primary amides is 1. The fourth-order valence-electron chi connectivity index (χ4n) is 2.00. The van der Waals surface area contributed by atoms with E-state index >= 15 is 0 Å². The molecule has 10 heteroatoms. The summed E-state index contributed by atoms with van der Waals surface area (Å²) in [4.78, 5) is 16.9. The monoisotopic (exact) mass is 441 g/mol. The van der Waals surface area contributed by atoms with Crippen molar-refractivity contribution < 1.29 is 36.6 Å². The third-order valence-corrected chi connectivity index (χ3v) is 3.23. The Hall–Kier alpha value is -3.49. The molecule has 3 rings (SSSR count). The fourth-order valence-corrected chi connectivity index (χ4v) is 2.00. The van der Waals surface area contributed by atoms with Crippen molar-refractivity contribution in [3.05, 3.63) is 78.0 Å². The Kier molecular flexibility index (Phi) is 12.0. The molecule has 29 heavy (non-hydrogen) atoms. The van der Waals surface area contributed by atoms with Gasteiger partial charge in [0.15, 0.2) is 0 Å². The second kappa shape index (κ2) is 13.6. The van der Waals surface area contributed by atoms with Crippen molar-refractivity contribution in [2.24, 2.45) is 10.8 Å². The average Bonchev–Trinajstić information content (AvgIpc) is 2.71. The molecule has 0 atom stereocenters. The molecule has 2 heterocycles. The maximum Gasteiger partial charge on any atom is 2.00 e. The van der Waals surface area contributed by atoms with Crippen molar-refractivity contribution in [3.63, 3.8) is 0 Å². The second-order valence-corrected chi connectivity index (χ2v) is 5.06. The SMILES string of the molecule is COc1cccc(C=N[N-]C(N)=[OH+])c1[OH2+].[Ni+2].[OH-].c1ccc(-c2ccccn2)nc1.